The lowest BCUT2D eigenvalue weighted by atomic mass is 10.2. The lowest BCUT2D eigenvalue weighted by molar-refractivity contribution is -0.120. The predicted molar refractivity (Wildman–Crippen MR) is 107 cm³/mol. The molecule has 0 aliphatic rings. The highest BCUT2D eigenvalue weighted by Crippen LogP contribution is 2.35. The van der Waals surface area contributed by atoms with Gasteiger partial charge in [0.05, 0.1) is 42.0 Å². The number of methoxy groups -OCH3 is 2. The van der Waals surface area contributed by atoms with E-state index >= 15 is 0 Å². The summed E-state index contributed by atoms with van der Waals surface area (Å²) in [6.45, 7) is -0.239. The van der Waals surface area contributed by atoms with E-state index in [-0.39, 0.29) is 6.54 Å². The molecule has 0 saturated carbocycles. The normalized spacial score (nSPS) is 10.5. The molecular formula is C18H17BrClN3O4. The fourth-order valence-electron chi connectivity index (χ4n) is 2.13. The molecule has 0 unspecified atom stereocenters. The zero-order valence-electron chi connectivity index (χ0n) is 14.6. The minimum Gasteiger partial charge on any atom is -0.493 e. The van der Waals surface area contributed by atoms with Crippen molar-refractivity contribution in [3.63, 3.8) is 0 Å². The van der Waals surface area contributed by atoms with E-state index in [0.29, 0.717) is 32.1 Å². The van der Waals surface area contributed by atoms with E-state index in [9.17, 15) is 9.59 Å². The van der Waals surface area contributed by atoms with Crippen LogP contribution in [0.4, 0.5) is 0 Å². The summed E-state index contributed by atoms with van der Waals surface area (Å²) >= 11 is 9.31. The average Bonchev–Trinajstić information content (AvgIpc) is 2.66. The molecule has 2 rings (SSSR count). The van der Waals surface area contributed by atoms with Gasteiger partial charge in [-0.1, -0.05) is 23.7 Å². The first kappa shape index (κ1) is 20.7. The van der Waals surface area contributed by atoms with Crippen molar-refractivity contribution in [1.29, 1.82) is 0 Å². The van der Waals surface area contributed by atoms with E-state index < -0.39 is 11.8 Å². The van der Waals surface area contributed by atoms with E-state index in [1.807, 2.05) is 0 Å². The smallest absolute Gasteiger partial charge is 0.259 e. The Morgan fingerprint density at radius 3 is 2.63 bits per heavy atom. The predicted octanol–water partition coefficient (Wildman–Crippen LogP) is 3.00. The average molecular weight is 455 g/mol. The summed E-state index contributed by atoms with van der Waals surface area (Å²) in [6, 6.07) is 10.0. The number of nitrogens with one attached hydrogen (secondary N) is 2. The van der Waals surface area contributed by atoms with Gasteiger partial charge in [0.2, 0.25) is 0 Å². The topological polar surface area (TPSA) is 89.0 Å². The van der Waals surface area contributed by atoms with Gasteiger partial charge in [-0.15, -0.1) is 0 Å². The second-order valence-corrected chi connectivity index (χ2v) is 6.46. The minimum absolute atomic E-state index is 0.239. The molecule has 142 valence electrons. The van der Waals surface area contributed by atoms with Crippen molar-refractivity contribution in [2.24, 2.45) is 5.10 Å². The lowest BCUT2D eigenvalue weighted by Gasteiger charge is -2.10. The van der Waals surface area contributed by atoms with Crippen LogP contribution in [0.3, 0.4) is 0 Å². The maximum Gasteiger partial charge on any atom is 0.259 e. The van der Waals surface area contributed by atoms with Gasteiger partial charge in [0, 0.05) is 0 Å². The van der Waals surface area contributed by atoms with Crippen LogP contribution in [0.5, 0.6) is 11.5 Å². The number of rotatable bonds is 7. The second kappa shape index (κ2) is 9.94. The molecule has 0 saturated heterocycles. The van der Waals surface area contributed by atoms with Crippen LogP contribution in [0.25, 0.3) is 0 Å². The maximum absolute atomic E-state index is 12.0. The van der Waals surface area contributed by atoms with Gasteiger partial charge in [0.15, 0.2) is 11.5 Å². The highest BCUT2D eigenvalue weighted by atomic mass is 79.9. The highest BCUT2D eigenvalue weighted by molar-refractivity contribution is 9.10. The summed E-state index contributed by atoms with van der Waals surface area (Å²) in [4.78, 5) is 23.8. The van der Waals surface area contributed by atoms with Crippen molar-refractivity contribution in [1.82, 2.24) is 10.7 Å². The Hall–Kier alpha value is -2.58. The van der Waals surface area contributed by atoms with Crippen molar-refractivity contribution in [2.75, 3.05) is 20.8 Å². The molecule has 2 N–H and O–H groups in total. The number of ether oxygens (including phenoxy) is 2. The van der Waals surface area contributed by atoms with Crippen LogP contribution in [-0.2, 0) is 4.79 Å². The molecule has 9 heteroatoms. The molecule has 0 aromatic heterocycles. The molecule has 0 heterocycles. The van der Waals surface area contributed by atoms with Crippen LogP contribution < -0.4 is 20.2 Å². The standard InChI is InChI=1S/C18H17BrClN3O4/c1-26-15-8-11(7-13(19)17(15)27-2)9-22-23-16(24)10-21-18(25)12-5-3-4-6-14(12)20/h3-9H,10H2,1-2H3,(H,21,25)(H,23,24)/b22-9+. The van der Waals surface area contributed by atoms with Crippen molar-refractivity contribution in [3.05, 3.63) is 57.0 Å². The first-order chi connectivity index (χ1) is 13.0. The molecule has 27 heavy (non-hydrogen) atoms. The maximum atomic E-state index is 12.0. The number of amides is 2. The number of hydrazone groups is 1. The lowest BCUT2D eigenvalue weighted by Crippen LogP contribution is -2.35. The Morgan fingerprint density at radius 2 is 1.96 bits per heavy atom. The van der Waals surface area contributed by atoms with E-state index in [2.05, 4.69) is 31.8 Å². The number of hydrogen-bond acceptors (Lipinski definition) is 5. The van der Waals surface area contributed by atoms with Gasteiger partial charge >= 0.3 is 0 Å². The Balaban J connectivity index is 1.91. The van der Waals surface area contributed by atoms with Crippen molar-refractivity contribution < 1.29 is 19.1 Å². The Bertz CT molecular complexity index is 874. The summed E-state index contributed by atoms with van der Waals surface area (Å²) in [6.07, 6.45) is 1.44. The zero-order chi connectivity index (χ0) is 19.8. The summed E-state index contributed by atoms with van der Waals surface area (Å²) in [5.41, 5.74) is 3.31. The molecule has 7 nitrogen and oxygen atoms in total. The first-order valence-corrected chi connectivity index (χ1v) is 8.89. The van der Waals surface area contributed by atoms with E-state index in [0.717, 1.165) is 0 Å². The molecule has 2 aromatic rings. The molecule has 0 aliphatic heterocycles. The monoisotopic (exact) mass is 453 g/mol. The summed E-state index contributed by atoms with van der Waals surface area (Å²) in [5, 5.41) is 6.65. The Kier molecular flexibility index (Phi) is 7.63. The van der Waals surface area contributed by atoms with Gasteiger partial charge in [-0.05, 0) is 45.8 Å². The van der Waals surface area contributed by atoms with Crippen molar-refractivity contribution in [3.8, 4) is 11.5 Å². The fourth-order valence-corrected chi connectivity index (χ4v) is 2.98. The molecular weight excluding hydrogens is 438 g/mol. The fraction of sp³-hybridized carbons (Fsp3) is 0.167. The van der Waals surface area contributed by atoms with Crippen LogP contribution in [0.2, 0.25) is 5.02 Å². The summed E-state index contributed by atoms with van der Waals surface area (Å²) < 4.78 is 11.2. The molecule has 2 amide bonds. The van der Waals surface area contributed by atoms with E-state index in [1.54, 1.807) is 36.4 Å². The number of hydrogen-bond donors (Lipinski definition) is 2. The third kappa shape index (κ3) is 5.70. The third-order valence-electron chi connectivity index (χ3n) is 3.39. The molecule has 0 fully saturated rings. The second-order valence-electron chi connectivity index (χ2n) is 5.19. The van der Waals surface area contributed by atoms with Crippen LogP contribution in [0.1, 0.15) is 15.9 Å². The van der Waals surface area contributed by atoms with Gasteiger partial charge in [0.25, 0.3) is 11.8 Å². The van der Waals surface area contributed by atoms with Crippen molar-refractivity contribution in [2.45, 2.75) is 0 Å². The van der Waals surface area contributed by atoms with Crippen LogP contribution in [0, 0.1) is 0 Å². The number of nitrogens with zero attached hydrogens (tertiary/aromatic N) is 1. The molecule has 2 aromatic carbocycles. The molecule has 0 aliphatic carbocycles. The van der Waals surface area contributed by atoms with Crippen LogP contribution in [0.15, 0.2) is 46.0 Å². The minimum atomic E-state index is -0.480. The van der Waals surface area contributed by atoms with E-state index in [1.165, 1.54) is 20.4 Å². The van der Waals surface area contributed by atoms with Gasteiger partial charge in [0.1, 0.15) is 0 Å². The third-order valence-corrected chi connectivity index (χ3v) is 4.31. The SMILES string of the molecule is COc1cc(/C=N/NC(=O)CNC(=O)c2ccccc2Cl)cc(Br)c1OC. The molecule has 0 spiro atoms. The van der Waals surface area contributed by atoms with E-state index in [4.69, 9.17) is 21.1 Å². The van der Waals surface area contributed by atoms with Crippen LogP contribution in [-0.4, -0.2) is 38.8 Å². The number of carbonyl (C=O) groups excluding carboxylic acids is 2. The largest absolute Gasteiger partial charge is 0.493 e. The number of halogens is 2. The molecule has 0 atom stereocenters. The Labute approximate surface area is 169 Å². The van der Waals surface area contributed by atoms with Gasteiger partial charge in [-0.25, -0.2) is 5.43 Å². The summed E-state index contributed by atoms with van der Waals surface area (Å²) in [5.74, 6) is 0.155. The van der Waals surface area contributed by atoms with Crippen LogP contribution >= 0.6 is 27.5 Å². The van der Waals surface area contributed by atoms with Gasteiger partial charge < -0.3 is 14.8 Å². The zero-order valence-corrected chi connectivity index (χ0v) is 16.9. The van der Waals surface area contributed by atoms with Gasteiger partial charge in [-0.3, -0.25) is 9.59 Å². The first-order valence-electron chi connectivity index (χ1n) is 7.72. The Morgan fingerprint density at radius 1 is 1.22 bits per heavy atom. The summed E-state index contributed by atoms with van der Waals surface area (Å²) in [7, 11) is 3.06. The number of benzene rings is 2. The van der Waals surface area contributed by atoms with Gasteiger partial charge in [-0.2, -0.15) is 5.10 Å². The van der Waals surface area contributed by atoms with Crippen molar-refractivity contribution >= 4 is 45.6 Å². The number of carbonyl (C=O) groups is 2. The quantitative estimate of drug-likeness (QED) is 0.497. The highest BCUT2D eigenvalue weighted by Gasteiger charge is 2.11. The molecule has 0 radical (unpaired) electrons. The molecule has 0 bridgehead atoms.